The van der Waals surface area contributed by atoms with E-state index in [9.17, 15) is 19.5 Å². The van der Waals surface area contributed by atoms with Gasteiger partial charge in [-0.3, -0.25) is 14.5 Å². The number of amides is 2. The maximum absolute atomic E-state index is 13.0. The molecule has 0 spiro atoms. The summed E-state index contributed by atoms with van der Waals surface area (Å²) in [4.78, 5) is 38.6. The van der Waals surface area contributed by atoms with Crippen molar-refractivity contribution >= 4 is 29.5 Å². The Kier molecular flexibility index (Phi) is 5.95. The van der Waals surface area contributed by atoms with Crippen LogP contribution >= 0.6 is 11.8 Å². The van der Waals surface area contributed by atoms with Crippen LogP contribution in [0.15, 0.2) is 46.8 Å². The second-order valence-electron chi connectivity index (χ2n) is 7.12. The predicted molar refractivity (Wildman–Crippen MR) is 109 cm³/mol. The van der Waals surface area contributed by atoms with E-state index in [0.717, 1.165) is 10.5 Å². The molecule has 0 unspecified atom stereocenters. The Hall–Kier alpha value is -3.29. The number of hydrogen-bond donors (Lipinski definition) is 2. The maximum Gasteiger partial charge on any atom is 0.352 e. The molecule has 0 radical (unpaired) electrons. The molecule has 2 aliphatic rings. The maximum atomic E-state index is 13.0. The lowest BCUT2D eigenvalue weighted by molar-refractivity contribution is -0.258. The number of hydrogen-bond acceptors (Lipinski definition) is 9. The Balaban J connectivity index is 1.52. The van der Waals surface area contributed by atoms with Crippen LogP contribution in [0.4, 0.5) is 0 Å². The fourth-order valence-corrected chi connectivity index (χ4v) is 4.42. The molecule has 2 aromatic rings. The number of methoxy groups -OCH3 is 1. The Morgan fingerprint density at radius 1 is 1.38 bits per heavy atom. The highest BCUT2D eigenvalue weighted by Gasteiger charge is 2.67. The number of nitrogens with one attached hydrogen (secondary N) is 1. The van der Waals surface area contributed by atoms with Crippen molar-refractivity contribution in [1.82, 2.24) is 30.4 Å². The highest BCUT2D eigenvalue weighted by atomic mass is 32.2. The third-order valence-electron chi connectivity index (χ3n) is 5.12. The van der Waals surface area contributed by atoms with E-state index in [1.165, 1.54) is 23.6 Å². The molecule has 3 heterocycles. The molecular weight excluding hydrogens is 440 g/mol. The average Bonchev–Trinajstić information content (AvgIpc) is 3.20. The molecule has 2 atom stereocenters. The number of tetrazole rings is 1. The summed E-state index contributed by atoms with van der Waals surface area (Å²) in [5.74, 6) is -2.25. The molecule has 1 fully saturated rings. The Morgan fingerprint density at radius 2 is 2.12 bits per heavy atom. The van der Waals surface area contributed by atoms with E-state index in [4.69, 9.17) is 9.47 Å². The van der Waals surface area contributed by atoms with Crippen molar-refractivity contribution in [3.8, 4) is 0 Å². The molecule has 2 amide bonds. The van der Waals surface area contributed by atoms with Crippen LogP contribution in [0, 0.1) is 0 Å². The van der Waals surface area contributed by atoms with Crippen LogP contribution in [0.5, 0.6) is 0 Å². The zero-order valence-corrected chi connectivity index (χ0v) is 18.0. The molecule has 32 heavy (non-hydrogen) atoms. The lowest BCUT2D eigenvalue weighted by Crippen LogP contribution is -2.82. The fourth-order valence-electron chi connectivity index (χ4n) is 3.58. The first-order valence-electron chi connectivity index (χ1n) is 9.53. The van der Waals surface area contributed by atoms with E-state index < -0.39 is 29.7 Å². The number of ether oxygens (including phenoxy) is 2. The lowest BCUT2D eigenvalue weighted by atomic mass is 9.94. The van der Waals surface area contributed by atoms with Crippen LogP contribution in [-0.2, 0) is 37.3 Å². The SMILES string of the molecule is CO[C@@]1(NC(=O)Cc2ccccc2)C(=O)N2C(C(=O)O)=C(CSc3nnnn3C)CO[C@@H]21. The number of aromatic nitrogens is 4. The van der Waals surface area contributed by atoms with E-state index >= 15 is 0 Å². The minimum atomic E-state index is -1.79. The molecule has 4 rings (SSSR count). The van der Waals surface area contributed by atoms with Gasteiger partial charge >= 0.3 is 5.97 Å². The highest BCUT2D eigenvalue weighted by molar-refractivity contribution is 7.99. The number of carboxylic acids is 1. The van der Waals surface area contributed by atoms with Crippen LogP contribution in [0.2, 0.25) is 0 Å². The molecule has 2 aliphatic heterocycles. The number of carboxylic acid groups (broad SMARTS) is 1. The van der Waals surface area contributed by atoms with Crippen molar-refractivity contribution in [2.24, 2.45) is 7.05 Å². The molecule has 0 saturated carbocycles. The van der Waals surface area contributed by atoms with Gasteiger partial charge in [-0.25, -0.2) is 9.48 Å². The summed E-state index contributed by atoms with van der Waals surface area (Å²) in [5.41, 5.74) is -0.846. The quantitative estimate of drug-likeness (QED) is 0.301. The zero-order valence-electron chi connectivity index (χ0n) is 17.2. The van der Waals surface area contributed by atoms with Crippen molar-refractivity contribution in [1.29, 1.82) is 0 Å². The van der Waals surface area contributed by atoms with E-state index in [2.05, 4.69) is 20.8 Å². The number of fused-ring (bicyclic) bond motifs is 1. The largest absolute Gasteiger partial charge is 0.477 e. The second-order valence-corrected chi connectivity index (χ2v) is 8.06. The van der Waals surface area contributed by atoms with E-state index in [1.54, 1.807) is 31.3 Å². The standard InChI is InChI=1S/C19H20N6O6S/c1-24-18(21-22-23-24)32-10-12-9-31-17-19(30-2,16(29)25(17)14(12)15(27)28)20-13(26)8-11-6-4-3-5-7-11/h3-7,17H,8-10H2,1-2H3,(H,20,26)(H,27,28)/t17-,19+/m1/s1. The summed E-state index contributed by atoms with van der Waals surface area (Å²) in [6.45, 7) is -0.0615. The van der Waals surface area contributed by atoms with Gasteiger partial charge in [-0.05, 0) is 21.6 Å². The first-order valence-corrected chi connectivity index (χ1v) is 10.5. The van der Waals surface area contributed by atoms with Crippen molar-refractivity contribution < 1.29 is 29.0 Å². The Bertz CT molecular complexity index is 1090. The molecule has 2 N–H and O–H groups in total. The summed E-state index contributed by atoms with van der Waals surface area (Å²) in [7, 11) is 2.92. The third kappa shape index (κ3) is 3.74. The number of thioether (sulfide) groups is 1. The van der Waals surface area contributed by atoms with Crippen LogP contribution in [-0.4, -0.2) is 79.4 Å². The second kappa shape index (κ2) is 8.68. The number of aryl methyl sites for hydroxylation is 1. The van der Waals surface area contributed by atoms with Gasteiger partial charge in [-0.15, -0.1) is 5.10 Å². The van der Waals surface area contributed by atoms with Crippen molar-refractivity contribution in [3.05, 3.63) is 47.2 Å². The van der Waals surface area contributed by atoms with Crippen LogP contribution in [0.3, 0.4) is 0 Å². The van der Waals surface area contributed by atoms with Gasteiger partial charge in [0.15, 0.2) is 6.23 Å². The Morgan fingerprint density at radius 3 is 2.75 bits per heavy atom. The first kappa shape index (κ1) is 21.9. The molecule has 1 aromatic heterocycles. The minimum absolute atomic E-state index is 0.0290. The molecule has 13 heteroatoms. The number of rotatable bonds is 8. The average molecular weight is 460 g/mol. The van der Waals surface area contributed by atoms with E-state index in [0.29, 0.717) is 10.7 Å². The smallest absolute Gasteiger partial charge is 0.352 e. The van der Waals surface area contributed by atoms with Crippen molar-refractivity contribution in [3.63, 3.8) is 0 Å². The zero-order chi connectivity index (χ0) is 22.9. The third-order valence-corrected chi connectivity index (χ3v) is 6.22. The van der Waals surface area contributed by atoms with Crippen LogP contribution < -0.4 is 5.32 Å². The summed E-state index contributed by atoms with van der Waals surface area (Å²) >= 11 is 1.21. The fraction of sp³-hybridized carbons (Fsp3) is 0.368. The van der Waals surface area contributed by atoms with Gasteiger partial charge in [0.1, 0.15) is 5.70 Å². The molecule has 1 aromatic carbocycles. The van der Waals surface area contributed by atoms with Gasteiger partial charge in [0, 0.05) is 19.9 Å². The number of nitrogens with zero attached hydrogens (tertiary/aromatic N) is 5. The molecule has 0 aliphatic carbocycles. The molecule has 12 nitrogen and oxygen atoms in total. The first-order chi connectivity index (χ1) is 15.4. The number of aliphatic carboxylic acids is 1. The Labute approximate surface area is 186 Å². The van der Waals surface area contributed by atoms with Gasteiger partial charge in [0.25, 0.3) is 11.6 Å². The minimum Gasteiger partial charge on any atom is -0.477 e. The van der Waals surface area contributed by atoms with Crippen molar-refractivity contribution in [2.45, 2.75) is 23.5 Å². The van der Waals surface area contributed by atoms with Gasteiger partial charge in [-0.1, -0.05) is 42.1 Å². The van der Waals surface area contributed by atoms with Gasteiger partial charge in [0.05, 0.1) is 13.0 Å². The number of carbonyl (C=O) groups excluding carboxylic acids is 2. The predicted octanol–water partition coefficient (Wildman–Crippen LogP) is -0.459. The monoisotopic (exact) mass is 460 g/mol. The number of carbonyl (C=O) groups is 3. The number of benzene rings is 1. The molecular formula is C19H20N6O6S. The topological polar surface area (TPSA) is 149 Å². The van der Waals surface area contributed by atoms with Gasteiger partial charge in [-0.2, -0.15) is 0 Å². The summed E-state index contributed by atoms with van der Waals surface area (Å²) in [5, 5.41) is 24.0. The van der Waals surface area contributed by atoms with Gasteiger partial charge in [0.2, 0.25) is 11.1 Å². The highest BCUT2D eigenvalue weighted by Crippen LogP contribution is 2.41. The van der Waals surface area contributed by atoms with E-state index in [-0.39, 0.29) is 24.5 Å². The van der Waals surface area contributed by atoms with Crippen LogP contribution in [0.1, 0.15) is 5.56 Å². The van der Waals surface area contributed by atoms with E-state index in [1.807, 2.05) is 6.07 Å². The summed E-state index contributed by atoms with van der Waals surface area (Å²) in [6, 6.07) is 9.00. The molecule has 1 saturated heterocycles. The summed E-state index contributed by atoms with van der Waals surface area (Å²) < 4.78 is 12.6. The molecule has 168 valence electrons. The van der Waals surface area contributed by atoms with Crippen molar-refractivity contribution in [2.75, 3.05) is 19.5 Å². The summed E-state index contributed by atoms with van der Waals surface area (Å²) in [6.07, 6.45) is -1.07. The number of β-lactam (4-membered cyclic amide) rings is 1. The normalized spacial score (nSPS) is 22.4. The van der Waals surface area contributed by atoms with Gasteiger partial charge < -0.3 is 19.9 Å². The lowest BCUT2D eigenvalue weighted by Gasteiger charge is -2.55. The molecule has 0 bridgehead atoms. The van der Waals surface area contributed by atoms with Crippen LogP contribution in [0.25, 0.3) is 0 Å².